The maximum absolute atomic E-state index is 10.3. The van der Waals surface area contributed by atoms with Crippen LogP contribution in [0.3, 0.4) is 0 Å². The normalized spacial score (nSPS) is 11.6. The molecule has 0 unspecified atom stereocenters. The molecule has 0 aromatic carbocycles. The second-order valence-corrected chi connectivity index (χ2v) is 5.05. The van der Waals surface area contributed by atoms with Crippen LogP contribution in [0.25, 0.3) is 0 Å². The lowest BCUT2D eigenvalue weighted by atomic mass is 10.1. The first-order valence-corrected chi connectivity index (χ1v) is 7.80. The second-order valence-electron chi connectivity index (χ2n) is 5.05. The Morgan fingerprint density at radius 2 is 1.37 bits per heavy atom. The van der Waals surface area contributed by atoms with Gasteiger partial charge in [0.1, 0.15) is 0 Å². The Kier molecular flexibility index (Phi) is 14.2. The Balaban J connectivity index is 3.20. The first-order valence-electron chi connectivity index (χ1n) is 7.80. The highest BCUT2D eigenvalue weighted by Gasteiger charge is 1.95. The average Bonchev–Trinajstić information content (AvgIpc) is 2.39. The summed E-state index contributed by atoms with van der Waals surface area (Å²) in [6.45, 7) is 2.24. The molecular weight excluding hydrogens is 236 g/mol. The number of carboxylic acid groups (broad SMARTS) is 1. The zero-order valence-electron chi connectivity index (χ0n) is 12.4. The Hall–Kier alpha value is -1.05. The van der Waals surface area contributed by atoms with E-state index in [1.54, 1.807) is 0 Å². The highest BCUT2D eigenvalue weighted by molar-refractivity contribution is 5.66. The molecule has 0 radical (unpaired) electrons. The Bertz CT molecular complexity index is 254. The first kappa shape index (κ1) is 17.9. The van der Waals surface area contributed by atoms with Crippen LogP contribution in [0.4, 0.5) is 0 Å². The van der Waals surface area contributed by atoms with E-state index in [1.165, 1.54) is 38.5 Å². The summed E-state index contributed by atoms with van der Waals surface area (Å²) in [7, 11) is 0. The molecule has 19 heavy (non-hydrogen) atoms. The zero-order valence-corrected chi connectivity index (χ0v) is 12.4. The highest BCUT2D eigenvalue weighted by atomic mass is 16.4. The Morgan fingerprint density at radius 3 is 1.89 bits per heavy atom. The molecule has 0 amide bonds. The first-order chi connectivity index (χ1) is 9.27. The Morgan fingerprint density at radius 1 is 0.842 bits per heavy atom. The molecule has 2 nitrogen and oxygen atoms in total. The van der Waals surface area contributed by atoms with Crippen LogP contribution in [0.5, 0.6) is 0 Å². The molecule has 0 aliphatic heterocycles. The number of carboxylic acids is 1. The summed E-state index contributed by atoms with van der Waals surface area (Å²) in [6, 6.07) is 0. The van der Waals surface area contributed by atoms with Crippen molar-refractivity contribution in [2.24, 2.45) is 0 Å². The number of aliphatic carboxylic acids is 1. The van der Waals surface area contributed by atoms with Gasteiger partial charge in [0.25, 0.3) is 0 Å². The van der Waals surface area contributed by atoms with Gasteiger partial charge in [0.2, 0.25) is 0 Å². The molecular formula is C17H30O2. The van der Waals surface area contributed by atoms with Crippen molar-refractivity contribution in [2.45, 2.75) is 77.6 Å². The largest absolute Gasteiger partial charge is 0.481 e. The van der Waals surface area contributed by atoms with Gasteiger partial charge in [0, 0.05) is 6.42 Å². The van der Waals surface area contributed by atoms with Gasteiger partial charge in [-0.2, -0.15) is 0 Å². The molecule has 0 spiro atoms. The van der Waals surface area contributed by atoms with E-state index in [4.69, 9.17) is 5.11 Å². The van der Waals surface area contributed by atoms with Crippen molar-refractivity contribution in [1.82, 2.24) is 0 Å². The van der Waals surface area contributed by atoms with Crippen molar-refractivity contribution in [2.75, 3.05) is 0 Å². The second kappa shape index (κ2) is 15.0. The molecule has 0 aliphatic rings. The van der Waals surface area contributed by atoms with E-state index in [0.29, 0.717) is 6.42 Å². The molecule has 0 atom stereocenters. The summed E-state index contributed by atoms with van der Waals surface area (Å²) in [4.78, 5) is 10.3. The molecule has 0 aliphatic carbocycles. The van der Waals surface area contributed by atoms with Crippen molar-refractivity contribution in [3.63, 3.8) is 0 Å². The van der Waals surface area contributed by atoms with E-state index >= 15 is 0 Å². The van der Waals surface area contributed by atoms with Gasteiger partial charge < -0.3 is 5.11 Å². The van der Waals surface area contributed by atoms with Crippen molar-refractivity contribution in [3.05, 3.63) is 24.3 Å². The molecule has 0 aromatic heterocycles. The molecule has 0 rings (SSSR count). The van der Waals surface area contributed by atoms with Crippen molar-refractivity contribution in [3.8, 4) is 0 Å². The number of hydrogen-bond donors (Lipinski definition) is 1. The quantitative estimate of drug-likeness (QED) is 0.353. The van der Waals surface area contributed by atoms with Gasteiger partial charge in [-0.25, -0.2) is 0 Å². The van der Waals surface area contributed by atoms with Gasteiger partial charge in [-0.3, -0.25) is 4.79 Å². The number of allylic oxidation sites excluding steroid dienone is 4. The van der Waals surface area contributed by atoms with Crippen molar-refractivity contribution >= 4 is 5.97 Å². The predicted octanol–water partition coefficient (Wildman–Crippen LogP) is 5.49. The standard InChI is InChI=1S/C17H30O2/c1-2-3-4-5-6-7-8-9-10-11-12-13-14-15-16-17(18)19/h7-10H,2-6,11-16H2,1H3,(H,18,19)/b8-7+,10-9-. The Labute approximate surface area is 118 Å². The van der Waals surface area contributed by atoms with Gasteiger partial charge >= 0.3 is 5.97 Å². The van der Waals surface area contributed by atoms with E-state index in [2.05, 4.69) is 31.2 Å². The lowest BCUT2D eigenvalue weighted by molar-refractivity contribution is -0.137. The molecule has 110 valence electrons. The summed E-state index contributed by atoms with van der Waals surface area (Å²) in [5, 5.41) is 8.49. The van der Waals surface area contributed by atoms with Crippen LogP contribution < -0.4 is 0 Å². The monoisotopic (exact) mass is 266 g/mol. The van der Waals surface area contributed by atoms with Gasteiger partial charge in [-0.1, -0.05) is 63.3 Å². The minimum Gasteiger partial charge on any atom is -0.481 e. The maximum atomic E-state index is 10.3. The lowest BCUT2D eigenvalue weighted by Gasteiger charge is -1.96. The molecule has 0 heterocycles. The zero-order chi connectivity index (χ0) is 14.2. The van der Waals surface area contributed by atoms with E-state index in [0.717, 1.165) is 25.7 Å². The lowest BCUT2D eigenvalue weighted by Crippen LogP contribution is -1.93. The maximum Gasteiger partial charge on any atom is 0.303 e. The fourth-order valence-corrected chi connectivity index (χ4v) is 1.93. The molecule has 1 N–H and O–H groups in total. The molecule has 0 bridgehead atoms. The van der Waals surface area contributed by atoms with Crippen LogP contribution in [0, 0.1) is 0 Å². The molecule has 2 heteroatoms. The summed E-state index contributed by atoms with van der Waals surface area (Å²) in [5.74, 6) is -0.677. The summed E-state index contributed by atoms with van der Waals surface area (Å²) >= 11 is 0. The van der Waals surface area contributed by atoms with Crippen LogP contribution in [-0.2, 0) is 4.79 Å². The minimum atomic E-state index is -0.677. The summed E-state index contributed by atoms with van der Waals surface area (Å²) in [6.07, 6.45) is 20.8. The van der Waals surface area contributed by atoms with E-state index in [1.807, 2.05) is 0 Å². The topological polar surface area (TPSA) is 37.3 Å². The molecule has 0 aromatic rings. The third kappa shape index (κ3) is 16.9. The SMILES string of the molecule is CCCCCC/C=C/C=C\CCCCCCC(=O)O. The van der Waals surface area contributed by atoms with Crippen molar-refractivity contribution < 1.29 is 9.90 Å². The molecule has 0 saturated carbocycles. The third-order valence-corrected chi connectivity index (χ3v) is 3.12. The predicted molar refractivity (Wildman–Crippen MR) is 82.4 cm³/mol. The van der Waals surface area contributed by atoms with Crippen LogP contribution in [-0.4, -0.2) is 11.1 Å². The van der Waals surface area contributed by atoms with Gasteiger partial charge in [-0.15, -0.1) is 0 Å². The van der Waals surface area contributed by atoms with Crippen LogP contribution in [0.15, 0.2) is 24.3 Å². The number of rotatable bonds is 13. The highest BCUT2D eigenvalue weighted by Crippen LogP contribution is 2.06. The van der Waals surface area contributed by atoms with Gasteiger partial charge in [0.15, 0.2) is 0 Å². The van der Waals surface area contributed by atoms with Crippen LogP contribution in [0.1, 0.15) is 77.6 Å². The van der Waals surface area contributed by atoms with E-state index < -0.39 is 5.97 Å². The van der Waals surface area contributed by atoms with E-state index in [-0.39, 0.29) is 0 Å². The average molecular weight is 266 g/mol. The van der Waals surface area contributed by atoms with Crippen LogP contribution in [0.2, 0.25) is 0 Å². The van der Waals surface area contributed by atoms with Crippen LogP contribution >= 0.6 is 0 Å². The molecule has 0 saturated heterocycles. The van der Waals surface area contributed by atoms with Gasteiger partial charge in [-0.05, 0) is 32.1 Å². The number of unbranched alkanes of at least 4 members (excludes halogenated alkanes) is 8. The van der Waals surface area contributed by atoms with Crippen molar-refractivity contribution in [1.29, 1.82) is 0 Å². The summed E-state index contributed by atoms with van der Waals surface area (Å²) < 4.78 is 0. The van der Waals surface area contributed by atoms with E-state index in [9.17, 15) is 4.79 Å². The number of carbonyl (C=O) groups is 1. The smallest absolute Gasteiger partial charge is 0.303 e. The number of hydrogen-bond acceptors (Lipinski definition) is 1. The minimum absolute atomic E-state index is 0.316. The fourth-order valence-electron chi connectivity index (χ4n) is 1.93. The third-order valence-electron chi connectivity index (χ3n) is 3.12. The fraction of sp³-hybridized carbons (Fsp3) is 0.706. The van der Waals surface area contributed by atoms with Gasteiger partial charge in [0.05, 0.1) is 0 Å². The molecule has 0 fully saturated rings. The summed E-state index contributed by atoms with van der Waals surface area (Å²) in [5.41, 5.74) is 0.